The van der Waals surface area contributed by atoms with E-state index < -0.39 is 12.1 Å². The molecule has 0 radical (unpaired) electrons. The Bertz CT molecular complexity index is 1130. The molecule has 31 heavy (non-hydrogen) atoms. The number of carbonyl (C=O) groups excluding carboxylic acids is 2. The second kappa shape index (κ2) is 8.88. The number of pyridine rings is 1. The minimum absolute atomic E-state index is 0.0960. The first-order valence-electron chi connectivity index (χ1n) is 10.6. The average molecular weight is 423 g/mol. The highest BCUT2D eigenvalue weighted by Gasteiger charge is 2.24. The van der Waals surface area contributed by atoms with Crippen molar-refractivity contribution < 1.29 is 14.3 Å². The average Bonchev–Trinajstić information content (AvgIpc) is 3.13. The summed E-state index contributed by atoms with van der Waals surface area (Å²) in [5.41, 5.74) is 4.54. The van der Waals surface area contributed by atoms with E-state index in [9.17, 15) is 9.59 Å². The molecule has 0 aliphatic carbocycles. The fourth-order valence-electron chi connectivity index (χ4n) is 3.35. The number of esters is 1. The van der Waals surface area contributed by atoms with Crippen molar-refractivity contribution in [2.75, 3.05) is 5.32 Å². The quantitative estimate of drug-likeness (QED) is 0.569. The van der Waals surface area contributed by atoms with Crippen molar-refractivity contribution >= 4 is 28.6 Å². The number of nitrogens with zero attached hydrogens (tertiary/aromatic N) is 3. The molecule has 164 valence electrons. The first-order valence-corrected chi connectivity index (χ1v) is 10.6. The Balaban J connectivity index is 1.85. The molecule has 7 heteroatoms. The molecule has 7 nitrogen and oxygen atoms in total. The fraction of sp³-hybridized carbons (Fsp3) is 0.417. The zero-order valence-corrected chi connectivity index (χ0v) is 19.2. The second-order valence-corrected chi connectivity index (χ2v) is 8.52. The van der Waals surface area contributed by atoms with Gasteiger partial charge in [-0.1, -0.05) is 31.5 Å². The van der Waals surface area contributed by atoms with Gasteiger partial charge < -0.3 is 10.1 Å². The van der Waals surface area contributed by atoms with Crippen molar-refractivity contribution in [2.24, 2.45) is 0 Å². The van der Waals surface area contributed by atoms with E-state index in [0.29, 0.717) is 22.3 Å². The smallest absolute Gasteiger partial charge is 0.339 e. The molecule has 0 saturated carbocycles. The van der Waals surface area contributed by atoms with E-state index in [4.69, 9.17) is 9.72 Å². The minimum Gasteiger partial charge on any atom is -0.449 e. The van der Waals surface area contributed by atoms with Gasteiger partial charge in [-0.2, -0.15) is 5.10 Å². The molecule has 3 rings (SSSR count). The number of carbonyl (C=O) groups is 2. The van der Waals surface area contributed by atoms with E-state index in [1.807, 2.05) is 59.7 Å². The number of amides is 1. The molecule has 0 aliphatic heterocycles. The molecule has 2 aromatic heterocycles. The molecule has 2 heterocycles. The van der Waals surface area contributed by atoms with Crippen molar-refractivity contribution in [1.82, 2.24) is 14.8 Å². The predicted octanol–water partition coefficient (Wildman–Crippen LogP) is 4.94. The van der Waals surface area contributed by atoms with Gasteiger partial charge in [0, 0.05) is 17.4 Å². The SMILES string of the molecule is Cc1ccc(NC(=O)[C@@H](C)OC(=O)c2cc(C(C)C)nc3c2cnn3C(C)C)c(C)c1. The van der Waals surface area contributed by atoms with Crippen LogP contribution in [0.3, 0.4) is 0 Å². The van der Waals surface area contributed by atoms with Crippen LogP contribution in [0.2, 0.25) is 0 Å². The summed E-state index contributed by atoms with van der Waals surface area (Å²) in [7, 11) is 0. The van der Waals surface area contributed by atoms with E-state index in [0.717, 1.165) is 16.8 Å². The van der Waals surface area contributed by atoms with Crippen LogP contribution in [0, 0.1) is 13.8 Å². The largest absolute Gasteiger partial charge is 0.449 e. The van der Waals surface area contributed by atoms with E-state index in [-0.39, 0.29) is 17.9 Å². The normalized spacial score (nSPS) is 12.4. The third-order valence-electron chi connectivity index (χ3n) is 5.18. The van der Waals surface area contributed by atoms with Crippen LogP contribution < -0.4 is 5.32 Å². The molecule has 1 N–H and O–H groups in total. The summed E-state index contributed by atoms with van der Waals surface area (Å²) in [6.07, 6.45) is 0.669. The number of aromatic nitrogens is 3. The van der Waals surface area contributed by atoms with Gasteiger partial charge in [0.2, 0.25) is 0 Å². The molecule has 0 spiro atoms. The zero-order valence-electron chi connectivity index (χ0n) is 19.2. The topological polar surface area (TPSA) is 86.1 Å². The summed E-state index contributed by atoms with van der Waals surface area (Å²) in [4.78, 5) is 30.4. The van der Waals surface area contributed by atoms with Gasteiger partial charge in [0.05, 0.1) is 17.1 Å². The second-order valence-electron chi connectivity index (χ2n) is 8.52. The summed E-state index contributed by atoms with van der Waals surface area (Å²) < 4.78 is 7.32. The standard InChI is InChI=1S/C24H30N4O3/c1-13(2)21-11-18(19-12-25-28(14(3)4)22(19)26-21)24(30)31-17(7)23(29)27-20-9-8-15(5)10-16(20)6/h8-14,17H,1-7H3,(H,27,29)/t17-/m1/s1. The number of nitrogens with one attached hydrogen (secondary N) is 1. The van der Waals surface area contributed by atoms with Crippen molar-refractivity contribution in [3.05, 3.63) is 52.8 Å². The lowest BCUT2D eigenvalue weighted by atomic mass is 10.1. The van der Waals surface area contributed by atoms with Gasteiger partial charge >= 0.3 is 5.97 Å². The number of fused-ring (bicyclic) bond motifs is 1. The van der Waals surface area contributed by atoms with Crippen molar-refractivity contribution in [1.29, 1.82) is 0 Å². The van der Waals surface area contributed by atoms with Crippen LogP contribution >= 0.6 is 0 Å². The van der Waals surface area contributed by atoms with Gasteiger partial charge in [-0.05, 0) is 58.2 Å². The number of hydrogen-bond acceptors (Lipinski definition) is 5. The van der Waals surface area contributed by atoms with Gasteiger partial charge in [-0.25, -0.2) is 14.5 Å². The van der Waals surface area contributed by atoms with Crippen LogP contribution in [0.15, 0.2) is 30.5 Å². The highest BCUT2D eigenvalue weighted by Crippen LogP contribution is 2.25. The number of hydrogen-bond donors (Lipinski definition) is 1. The summed E-state index contributed by atoms with van der Waals surface area (Å²) in [6, 6.07) is 7.58. The molecule has 1 atom stereocenters. The van der Waals surface area contributed by atoms with Crippen molar-refractivity contribution in [3.63, 3.8) is 0 Å². The summed E-state index contributed by atoms with van der Waals surface area (Å²) in [6.45, 7) is 13.5. The van der Waals surface area contributed by atoms with E-state index in [2.05, 4.69) is 10.4 Å². The van der Waals surface area contributed by atoms with Crippen LogP contribution in [0.1, 0.15) is 73.8 Å². The molecule has 1 amide bonds. The lowest BCUT2D eigenvalue weighted by Crippen LogP contribution is -2.30. The van der Waals surface area contributed by atoms with Crippen LogP contribution in [0.25, 0.3) is 11.0 Å². The highest BCUT2D eigenvalue weighted by atomic mass is 16.5. The molecular weight excluding hydrogens is 392 g/mol. The highest BCUT2D eigenvalue weighted by molar-refractivity contribution is 6.04. The van der Waals surface area contributed by atoms with E-state index >= 15 is 0 Å². The number of aryl methyl sites for hydroxylation is 2. The first kappa shape index (κ1) is 22.5. The Morgan fingerprint density at radius 1 is 1.06 bits per heavy atom. The van der Waals surface area contributed by atoms with Crippen LogP contribution in [-0.2, 0) is 9.53 Å². The number of benzene rings is 1. The maximum absolute atomic E-state index is 13.0. The summed E-state index contributed by atoms with van der Waals surface area (Å²) in [5.74, 6) is -0.829. The monoisotopic (exact) mass is 422 g/mol. The van der Waals surface area contributed by atoms with Crippen molar-refractivity contribution in [2.45, 2.75) is 66.5 Å². The molecule has 0 unspecified atom stereocenters. The Hall–Kier alpha value is -3.22. The first-order chi connectivity index (χ1) is 14.6. The lowest BCUT2D eigenvalue weighted by molar-refractivity contribution is -0.123. The Kier molecular flexibility index (Phi) is 6.43. The summed E-state index contributed by atoms with van der Waals surface area (Å²) >= 11 is 0. The Labute approximate surface area is 182 Å². The van der Waals surface area contributed by atoms with Crippen LogP contribution in [-0.4, -0.2) is 32.7 Å². The van der Waals surface area contributed by atoms with Crippen LogP contribution in [0.4, 0.5) is 5.69 Å². The van der Waals surface area contributed by atoms with Crippen molar-refractivity contribution in [3.8, 4) is 0 Å². The molecule has 0 fully saturated rings. The Morgan fingerprint density at radius 3 is 2.39 bits per heavy atom. The molecular formula is C24H30N4O3. The minimum atomic E-state index is -0.959. The number of rotatable bonds is 6. The van der Waals surface area contributed by atoms with Gasteiger partial charge in [0.1, 0.15) is 0 Å². The van der Waals surface area contributed by atoms with Crippen LogP contribution in [0.5, 0.6) is 0 Å². The fourth-order valence-corrected chi connectivity index (χ4v) is 3.35. The lowest BCUT2D eigenvalue weighted by Gasteiger charge is -2.16. The van der Waals surface area contributed by atoms with Gasteiger partial charge in [-0.15, -0.1) is 0 Å². The molecule has 0 bridgehead atoms. The molecule has 3 aromatic rings. The maximum atomic E-state index is 13.0. The molecule has 1 aromatic carbocycles. The molecule has 0 saturated heterocycles. The number of anilines is 1. The third kappa shape index (κ3) is 4.76. The predicted molar refractivity (Wildman–Crippen MR) is 121 cm³/mol. The Morgan fingerprint density at radius 2 is 1.77 bits per heavy atom. The third-order valence-corrected chi connectivity index (χ3v) is 5.18. The maximum Gasteiger partial charge on any atom is 0.339 e. The van der Waals surface area contributed by atoms with E-state index in [1.165, 1.54) is 0 Å². The number of ether oxygens (including phenoxy) is 1. The van der Waals surface area contributed by atoms with E-state index in [1.54, 1.807) is 23.9 Å². The molecule has 0 aliphatic rings. The van der Waals surface area contributed by atoms with Gasteiger partial charge in [0.25, 0.3) is 5.91 Å². The van der Waals surface area contributed by atoms with Gasteiger partial charge in [-0.3, -0.25) is 4.79 Å². The zero-order chi connectivity index (χ0) is 22.9. The van der Waals surface area contributed by atoms with Gasteiger partial charge in [0.15, 0.2) is 11.8 Å². The summed E-state index contributed by atoms with van der Waals surface area (Å²) in [5, 5.41) is 7.84.